The number of rotatable bonds is 8. The Labute approximate surface area is 163 Å². The topological polar surface area (TPSA) is 113 Å². The minimum absolute atomic E-state index is 0.0277. The molecule has 28 heavy (non-hydrogen) atoms. The van der Waals surface area contributed by atoms with E-state index in [2.05, 4.69) is 10.3 Å². The first kappa shape index (κ1) is 19.9. The van der Waals surface area contributed by atoms with Crippen LogP contribution in [0, 0.1) is 5.92 Å². The van der Waals surface area contributed by atoms with E-state index in [4.69, 9.17) is 19.9 Å². The number of ether oxygens (including phenoxy) is 3. The smallest absolute Gasteiger partial charge is 0.252 e. The van der Waals surface area contributed by atoms with E-state index in [1.165, 1.54) is 0 Å². The number of nitrogens with one attached hydrogen (secondary N) is 1. The molecule has 3 rings (SSSR count). The van der Waals surface area contributed by atoms with Crippen molar-refractivity contribution in [2.75, 3.05) is 20.3 Å². The maximum atomic E-state index is 11.9. The van der Waals surface area contributed by atoms with E-state index in [1.807, 2.05) is 13.8 Å². The highest BCUT2D eigenvalue weighted by molar-refractivity contribution is 6.01. The lowest BCUT2D eigenvalue weighted by atomic mass is 10.1. The molecule has 1 aromatic heterocycles. The van der Waals surface area contributed by atoms with Gasteiger partial charge in [-0.15, -0.1) is 0 Å². The molecule has 150 valence electrons. The fraction of sp³-hybridized carbons (Fsp3) is 0.450. The Hall–Kier alpha value is -2.87. The molecular weight excluding hydrogens is 362 g/mol. The molecule has 0 aliphatic carbocycles. The molecule has 2 aromatic rings. The van der Waals surface area contributed by atoms with Crippen LogP contribution in [0.5, 0.6) is 11.6 Å². The van der Waals surface area contributed by atoms with Crippen LogP contribution in [0.3, 0.4) is 0 Å². The number of pyridine rings is 1. The monoisotopic (exact) mass is 387 g/mol. The Morgan fingerprint density at radius 1 is 1.36 bits per heavy atom. The van der Waals surface area contributed by atoms with Crippen LogP contribution in [0.25, 0.3) is 10.8 Å². The fourth-order valence-corrected chi connectivity index (χ4v) is 3.30. The summed E-state index contributed by atoms with van der Waals surface area (Å²) in [6, 6.07) is 5.06. The molecule has 8 nitrogen and oxygen atoms in total. The number of hydrogen-bond donors (Lipinski definition) is 2. The van der Waals surface area contributed by atoms with Gasteiger partial charge in [-0.2, -0.15) is 0 Å². The minimum Gasteiger partial charge on any atom is -0.490 e. The lowest BCUT2D eigenvalue weighted by molar-refractivity contribution is -0.123. The molecule has 1 aliphatic heterocycles. The largest absolute Gasteiger partial charge is 0.490 e. The maximum Gasteiger partial charge on any atom is 0.252 e. The highest BCUT2D eigenvalue weighted by atomic mass is 16.5. The van der Waals surface area contributed by atoms with E-state index < -0.39 is 5.91 Å². The van der Waals surface area contributed by atoms with Crippen LogP contribution in [-0.2, 0) is 9.53 Å². The van der Waals surface area contributed by atoms with Gasteiger partial charge in [0, 0.05) is 18.7 Å². The Bertz CT molecular complexity index is 884. The third-order valence-electron chi connectivity index (χ3n) is 4.53. The van der Waals surface area contributed by atoms with E-state index in [0.29, 0.717) is 35.6 Å². The summed E-state index contributed by atoms with van der Waals surface area (Å²) in [6.07, 6.45) is 2.13. The van der Waals surface area contributed by atoms with Gasteiger partial charge in [0.25, 0.3) is 5.91 Å². The summed E-state index contributed by atoms with van der Waals surface area (Å²) >= 11 is 0. The number of methoxy groups -OCH3 is 1. The van der Waals surface area contributed by atoms with E-state index in [-0.39, 0.29) is 30.6 Å². The molecule has 0 radical (unpaired) electrons. The Kier molecular flexibility index (Phi) is 5.99. The van der Waals surface area contributed by atoms with E-state index in [1.54, 1.807) is 31.5 Å². The first-order chi connectivity index (χ1) is 13.4. The number of hydrogen-bond acceptors (Lipinski definition) is 6. The predicted octanol–water partition coefficient (Wildman–Crippen LogP) is 1.65. The van der Waals surface area contributed by atoms with Crippen molar-refractivity contribution in [3.8, 4) is 11.6 Å². The van der Waals surface area contributed by atoms with Crippen LogP contribution in [0.2, 0.25) is 0 Å². The second-order valence-corrected chi connectivity index (χ2v) is 7.12. The van der Waals surface area contributed by atoms with Crippen molar-refractivity contribution in [3.05, 3.63) is 30.0 Å². The molecule has 1 saturated heterocycles. The van der Waals surface area contributed by atoms with Crippen LogP contribution in [0.1, 0.15) is 30.6 Å². The zero-order valence-corrected chi connectivity index (χ0v) is 16.2. The van der Waals surface area contributed by atoms with Gasteiger partial charge in [0.1, 0.15) is 12.4 Å². The van der Waals surface area contributed by atoms with Crippen molar-refractivity contribution < 1.29 is 23.8 Å². The van der Waals surface area contributed by atoms with Crippen LogP contribution >= 0.6 is 0 Å². The van der Waals surface area contributed by atoms with Gasteiger partial charge >= 0.3 is 0 Å². The van der Waals surface area contributed by atoms with Crippen molar-refractivity contribution in [3.63, 3.8) is 0 Å². The molecule has 1 unspecified atom stereocenters. The van der Waals surface area contributed by atoms with Crippen molar-refractivity contribution in [1.82, 2.24) is 10.3 Å². The van der Waals surface area contributed by atoms with Gasteiger partial charge in [0.05, 0.1) is 30.2 Å². The lowest BCUT2D eigenvalue weighted by Gasteiger charge is -2.16. The van der Waals surface area contributed by atoms with Gasteiger partial charge in [-0.25, -0.2) is 4.98 Å². The van der Waals surface area contributed by atoms with Crippen molar-refractivity contribution in [2.45, 2.75) is 32.4 Å². The SMILES string of the molecule is COCC1C[C@@H](COc2nccc3cc(C(N)=O)c(OC(C)C)cc23)NC1=O. The molecule has 8 heteroatoms. The summed E-state index contributed by atoms with van der Waals surface area (Å²) in [6.45, 7) is 4.42. The summed E-state index contributed by atoms with van der Waals surface area (Å²) in [5, 5.41) is 4.39. The van der Waals surface area contributed by atoms with Crippen LogP contribution in [0.4, 0.5) is 0 Å². The van der Waals surface area contributed by atoms with Crippen molar-refractivity contribution >= 4 is 22.6 Å². The van der Waals surface area contributed by atoms with Gasteiger partial charge in [-0.1, -0.05) is 0 Å². The molecule has 2 atom stereocenters. The van der Waals surface area contributed by atoms with Gasteiger partial charge in [0.2, 0.25) is 11.8 Å². The summed E-state index contributed by atoms with van der Waals surface area (Å²) in [5.74, 6) is 0.0479. The van der Waals surface area contributed by atoms with Crippen molar-refractivity contribution in [2.24, 2.45) is 11.7 Å². The lowest BCUT2D eigenvalue weighted by Crippen LogP contribution is -2.31. The Balaban J connectivity index is 1.83. The quantitative estimate of drug-likeness (QED) is 0.712. The third kappa shape index (κ3) is 4.33. The number of benzene rings is 1. The average Bonchev–Trinajstić information content (AvgIpc) is 2.99. The summed E-state index contributed by atoms with van der Waals surface area (Å²) in [7, 11) is 1.58. The first-order valence-electron chi connectivity index (χ1n) is 9.20. The highest BCUT2D eigenvalue weighted by Gasteiger charge is 2.32. The fourth-order valence-electron chi connectivity index (χ4n) is 3.30. The molecule has 1 fully saturated rings. The zero-order valence-electron chi connectivity index (χ0n) is 16.2. The number of primary amides is 1. The number of fused-ring (bicyclic) bond motifs is 1. The molecule has 1 aromatic carbocycles. The van der Waals surface area contributed by atoms with Gasteiger partial charge in [0.15, 0.2) is 0 Å². The standard InChI is InChI=1S/C20H25N3O5/c1-11(2)28-17-8-15-12(7-16(17)18(21)24)4-5-22-20(15)27-10-14-6-13(9-26-3)19(25)23-14/h4-5,7-8,11,13-14H,6,9-10H2,1-3H3,(H2,21,24)(H,23,25)/t13?,14-/m0/s1. The normalized spacial score (nSPS) is 19.1. The maximum absolute atomic E-state index is 11.9. The Morgan fingerprint density at radius 2 is 2.14 bits per heavy atom. The molecular formula is C20H25N3O5. The van der Waals surface area contributed by atoms with E-state index >= 15 is 0 Å². The number of amides is 2. The van der Waals surface area contributed by atoms with Gasteiger partial charge in [-0.3, -0.25) is 9.59 Å². The van der Waals surface area contributed by atoms with Crippen LogP contribution in [0.15, 0.2) is 24.4 Å². The molecule has 3 N–H and O–H groups in total. The first-order valence-corrected chi connectivity index (χ1v) is 9.20. The molecule has 0 saturated carbocycles. The minimum atomic E-state index is -0.560. The number of carbonyl (C=O) groups excluding carboxylic acids is 2. The van der Waals surface area contributed by atoms with Crippen molar-refractivity contribution in [1.29, 1.82) is 0 Å². The Morgan fingerprint density at radius 3 is 2.82 bits per heavy atom. The summed E-state index contributed by atoms with van der Waals surface area (Å²) < 4.78 is 16.7. The van der Waals surface area contributed by atoms with E-state index in [0.717, 1.165) is 5.39 Å². The molecule has 0 bridgehead atoms. The predicted molar refractivity (Wildman–Crippen MR) is 103 cm³/mol. The summed E-state index contributed by atoms with van der Waals surface area (Å²) in [5.41, 5.74) is 5.80. The zero-order chi connectivity index (χ0) is 20.3. The van der Waals surface area contributed by atoms with E-state index in [9.17, 15) is 9.59 Å². The average molecular weight is 387 g/mol. The second-order valence-electron chi connectivity index (χ2n) is 7.12. The highest BCUT2D eigenvalue weighted by Crippen LogP contribution is 2.31. The molecule has 2 heterocycles. The number of aromatic nitrogens is 1. The molecule has 0 spiro atoms. The third-order valence-corrected chi connectivity index (χ3v) is 4.53. The molecule has 1 aliphatic rings. The van der Waals surface area contributed by atoms with Gasteiger partial charge < -0.3 is 25.3 Å². The number of nitrogens with two attached hydrogens (primary N) is 1. The number of carbonyl (C=O) groups is 2. The van der Waals surface area contributed by atoms with Crippen LogP contribution < -0.4 is 20.5 Å². The van der Waals surface area contributed by atoms with Gasteiger partial charge in [-0.05, 0) is 43.9 Å². The molecule has 2 amide bonds. The second kappa shape index (κ2) is 8.43. The summed E-state index contributed by atoms with van der Waals surface area (Å²) in [4.78, 5) is 28.0. The number of nitrogens with zero attached hydrogens (tertiary/aromatic N) is 1. The van der Waals surface area contributed by atoms with Crippen LogP contribution in [-0.4, -0.2) is 49.3 Å².